The molecule has 1 unspecified atom stereocenters. The second kappa shape index (κ2) is 13.8. The molecule has 0 saturated heterocycles. The quantitative estimate of drug-likeness (QED) is 0.152. The van der Waals surface area contributed by atoms with Crippen LogP contribution in [0, 0.1) is 29.6 Å². The molecular formula is C60H49N. The maximum atomic E-state index is 2.61. The molecule has 0 N–H and O–H groups in total. The van der Waals surface area contributed by atoms with Crippen molar-refractivity contribution in [2.24, 2.45) is 29.6 Å². The molecule has 4 fully saturated rings. The Hall–Kier alpha value is -6.44. The maximum absolute atomic E-state index is 2.61. The lowest BCUT2D eigenvalue weighted by Crippen LogP contribution is -2.57. The van der Waals surface area contributed by atoms with E-state index in [1.807, 2.05) is 0 Å². The highest BCUT2D eigenvalue weighted by molar-refractivity contribution is 6.12. The Morgan fingerprint density at radius 1 is 0.443 bits per heavy atom. The molecule has 294 valence electrons. The molecule has 0 aromatic heterocycles. The van der Waals surface area contributed by atoms with E-state index in [1.165, 1.54) is 110 Å². The molecule has 1 spiro atoms. The number of anilines is 3. The molecule has 6 aliphatic rings. The molecule has 4 saturated carbocycles. The van der Waals surface area contributed by atoms with Gasteiger partial charge in [0.15, 0.2) is 0 Å². The van der Waals surface area contributed by atoms with Crippen LogP contribution in [-0.2, 0) is 5.41 Å². The molecular weight excluding hydrogens is 735 g/mol. The van der Waals surface area contributed by atoms with Crippen molar-refractivity contribution < 1.29 is 0 Å². The van der Waals surface area contributed by atoms with Gasteiger partial charge in [0.2, 0.25) is 0 Å². The van der Waals surface area contributed by atoms with Gasteiger partial charge in [0.25, 0.3) is 0 Å². The largest absolute Gasteiger partial charge is 0.310 e. The molecule has 0 amide bonds. The van der Waals surface area contributed by atoms with Crippen molar-refractivity contribution in [3.8, 4) is 33.4 Å². The normalized spacial score (nSPS) is 24.3. The fourth-order valence-electron chi connectivity index (χ4n) is 13.7. The fraction of sp³-hybridized carbons (Fsp3) is 0.200. The standard InChI is InChI=1S/C60H49N/c1-3-12-41(13-4-1)45-25-31-59(55(37-45)42-14-5-2-6-15-42)61(48-26-22-44(23-27-48)51-19-11-20-52-50-17-8-7-16-43(50)24-29-53(51)52)49-28-30-58-56(38-49)54-18-9-10-21-57(54)60(58)46-33-39-32-40(35-46)36-47(60)34-39/h1-20,22-31,37-40,46-47,57H,21,32-36H2. The molecule has 0 radical (unpaired) electrons. The van der Waals surface area contributed by atoms with Crippen LogP contribution in [0.5, 0.6) is 0 Å². The Labute approximate surface area is 359 Å². The van der Waals surface area contributed by atoms with Crippen molar-refractivity contribution >= 4 is 44.2 Å². The zero-order chi connectivity index (χ0) is 40.1. The number of rotatable bonds is 6. The van der Waals surface area contributed by atoms with Gasteiger partial charge in [-0.05, 0) is 171 Å². The van der Waals surface area contributed by atoms with Crippen molar-refractivity contribution in [3.63, 3.8) is 0 Å². The van der Waals surface area contributed by atoms with E-state index < -0.39 is 0 Å². The summed E-state index contributed by atoms with van der Waals surface area (Å²) in [5.41, 5.74) is 16.0. The molecule has 1 nitrogen and oxygen atoms in total. The second-order valence-electron chi connectivity index (χ2n) is 18.8. The summed E-state index contributed by atoms with van der Waals surface area (Å²) in [6.07, 6.45) is 15.7. The van der Waals surface area contributed by atoms with Gasteiger partial charge in [-0.15, -0.1) is 0 Å². The average molecular weight is 784 g/mol. The van der Waals surface area contributed by atoms with Gasteiger partial charge in [0.05, 0.1) is 5.69 Å². The Kier molecular flexibility index (Phi) is 7.99. The zero-order valence-corrected chi connectivity index (χ0v) is 34.6. The summed E-state index contributed by atoms with van der Waals surface area (Å²) in [5, 5.41) is 5.17. The van der Waals surface area contributed by atoms with Gasteiger partial charge in [0.1, 0.15) is 0 Å². The van der Waals surface area contributed by atoms with Crippen molar-refractivity contribution in [1.29, 1.82) is 0 Å². The summed E-state index contributed by atoms with van der Waals surface area (Å²) in [7, 11) is 0. The SMILES string of the molecule is C1=CCC2C(=C1)c1cc(N(c3ccc(-c4cccc5c4ccc4ccccc45)cc3)c3ccc(-c4ccccc4)cc3-c3ccccc3)ccc1C21C2CC3CC(C2)CC1C3. The third kappa shape index (κ3) is 5.39. The number of allylic oxidation sites excluding steroid dienone is 4. The minimum absolute atomic E-state index is 0.278. The van der Waals surface area contributed by atoms with Gasteiger partial charge in [-0.2, -0.15) is 0 Å². The highest BCUT2D eigenvalue weighted by Crippen LogP contribution is 2.71. The summed E-state index contributed by atoms with van der Waals surface area (Å²) < 4.78 is 0. The van der Waals surface area contributed by atoms with Gasteiger partial charge in [-0.25, -0.2) is 0 Å². The van der Waals surface area contributed by atoms with Crippen LogP contribution in [0.1, 0.15) is 49.7 Å². The zero-order valence-electron chi connectivity index (χ0n) is 34.6. The summed E-state index contributed by atoms with van der Waals surface area (Å²) >= 11 is 0. The Balaban J connectivity index is 0.998. The molecule has 8 aromatic rings. The molecule has 6 aliphatic carbocycles. The number of nitrogens with zero attached hydrogens (tertiary/aromatic N) is 1. The molecule has 0 aliphatic heterocycles. The van der Waals surface area contributed by atoms with E-state index in [0.717, 1.165) is 29.4 Å². The lowest BCUT2D eigenvalue weighted by atomic mass is 9.41. The van der Waals surface area contributed by atoms with Crippen LogP contribution in [0.25, 0.3) is 60.5 Å². The molecule has 14 rings (SSSR count). The highest BCUT2D eigenvalue weighted by atomic mass is 15.1. The Morgan fingerprint density at radius 3 is 1.90 bits per heavy atom. The predicted molar refractivity (Wildman–Crippen MR) is 256 cm³/mol. The second-order valence-corrected chi connectivity index (χ2v) is 18.8. The first-order valence-corrected chi connectivity index (χ1v) is 22.8. The van der Waals surface area contributed by atoms with Crippen LogP contribution in [-0.4, -0.2) is 0 Å². The lowest BCUT2D eigenvalue weighted by molar-refractivity contribution is -0.0748. The number of benzene rings is 8. The van der Waals surface area contributed by atoms with E-state index in [1.54, 1.807) is 11.1 Å². The molecule has 1 heteroatoms. The Bertz CT molecular complexity index is 3030. The minimum atomic E-state index is 0.278. The topological polar surface area (TPSA) is 3.24 Å². The maximum Gasteiger partial charge on any atom is 0.0540 e. The van der Waals surface area contributed by atoms with Crippen LogP contribution in [0.2, 0.25) is 0 Å². The summed E-state index contributed by atoms with van der Waals surface area (Å²) in [5.74, 6) is 4.10. The molecule has 8 aromatic carbocycles. The van der Waals surface area contributed by atoms with E-state index in [9.17, 15) is 0 Å². The van der Waals surface area contributed by atoms with Gasteiger partial charge < -0.3 is 4.90 Å². The Morgan fingerprint density at radius 2 is 1.11 bits per heavy atom. The van der Waals surface area contributed by atoms with E-state index in [-0.39, 0.29) is 5.41 Å². The molecule has 0 heterocycles. The van der Waals surface area contributed by atoms with Crippen LogP contribution in [0.15, 0.2) is 194 Å². The van der Waals surface area contributed by atoms with E-state index in [4.69, 9.17) is 0 Å². The predicted octanol–water partition coefficient (Wildman–Crippen LogP) is 16.1. The van der Waals surface area contributed by atoms with Crippen molar-refractivity contribution in [1.82, 2.24) is 0 Å². The van der Waals surface area contributed by atoms with E-state index >= 15 is 0 Å². The first-order chi connectivity index (χ1) is 30.2. The van der Waals surface area contributed by atoms with Crippen molar-refractivity contribution in [3.05, 3.63) is 205 Å². The number of hydrogen-bond donors (Lipinski definition) is 0. The highest BCUT2D eigenvalue weighted by Gasteiger charge is 2.64. The van der Waals surface area contributed by atoms with Gasteiger partial charge >= 0.3 is 0 Å². The van der Waals surface area contributed by atoms with Crippen molar-refractivity contribution in [2.75, 3.05) is 4.90 Å². The fourth-order valence-corrected chi connectivity index (χ4v) is 13.7. The molecule has 4 bridgehead atoms. The monoisotopic (exact) mass is 783 g/mol. The smallest absolute Gasteiger partial charge is 0.0540 e. The minimum Gasteiger partial charge on any atom is -0.310 e. The first kappa shape index (κ1) is 35.3. The van der Waals surface area contributed by atoms with Crippen LogP contribution in [0.3, 0.4) is 0 Å². The van der Waals surface area contributed by atoms with Crippen LogP contribution < -0.4 is 4.90 Å². The van der Waals surface area contributed by atoms with Gasteiger partial charge in [0, 0.05) is 22.4 Å². The van der Waals surface area contributed by atoms with Gasteiger partial charge in [-0.3, -0.25) is 0 Å². The number of hydrogen-bond acceptors (Lipinski definition) is 1. The third-order valence-electron chi connectivity index (χ3n) is 15.9. The number of fused-ring (bicyclic) bond motifs is 6. The van der Waals surface area contributed by atoms with Crippen LogP contribution >= 0.6 is 0 Å². The molecule has 61 heavy (non-hydrogen) atoms. The first-order valence-electron chi connectivity index (χ1n) is 22.8. The van der Waals surface area contributed by atoms with Gasteiger partial charge in [-0.1, -0.05) is 158 Å². The lowest BCUT2D eigenvalue weighted by Gasteiger charge is -2.63. The average Bonchev–Trinajstić information content (AvgIpc) is 3.61. The van der Waals surface area contributed by atoms with Crippen molar-refractivity contribution in [2.45, 2.75) is 43.9 Å². The van der Waals surface area contributed by atoms with E-state index in [0.29, 0.717) is 5.92 Å². The summed E-state index contributed by atoms with van der Waals surface area (Å²) in [4.78, 5) is 2.55. The summed E-state index contributed by atoms with van der Waals surface area (Å²) in [6.45, 7) is 0. The van der Waals surface area contributed by atoms with Crippen LogP contribution in [0.4, 0.5) is 17.1 Å². The van der Waals surface area contributed by atoms with E-state index in [2.05, 4.69) is 199 Å². The molecule has 1 atom stereocenters. The third-order valence-corrected chi connectivity index (χ3v) is 15.9. The summed E-state index contributed by atoms with van der Waals surface area (Å²) in [6, 6.07) is 66.1.